The van der Waals surface area contributed by atoms with Crippen LogP contribution in [0.4, 0.5) is 11.4 Å². The van der Waals surface area contributed by atoms with Crippen molar-refractivity contribution in [2.45, 2.75) is 11.1 Å². The van der Waals surface area contributed by atoms with E-state index in [0.717, 1.165) is 42.6 Å². The molecule has 2 N–H and O–H groups in total. The van der Waals surface area contributed by atoms with Crippen LogP contribution in [0.5, 0.6) is 0 Å². The van der Waals surface area contributed by atoms with Crippen molar-refractivity contribution in [3.05, 3.63) is 126 Å². The van der Waals surface area contributed by atoms with Crippen molar-refractivity contribution >= 4 is 66.4 Å². The molecule has 0 bridgehead atoms. The van der Waals surface area contributed by atoms with E-state index in [1.54, 1.807) is 0 Å². The minimum atomic E-state index is -0.724. The second-order valence-electron chi connectivity index (χ2n) is 8.09. The monoisotopic (exact) mass is 584 g/mol. The number of rotatable bonds is 2. The minimum Gasteiger partial charge on any atom is -0.369 e. The quantitative estimate of drug-likeness (QED) is 0.246. The highest BCUT2D eigenvalue weighted by molar-refractivity contribution is 9.10. The molecule has 2 heterocycles. The lowest BCUT2D eigenvalue weighted by molar-refractivity contribution is 0.439. The maximum atomic E-state index is 6.91. The van der Waals surface area contributed by atoms with Gasteiger partial charge in [0.05, 0.1) is 0 Å². The summed E-state index contributed by atoms with van der Waals surface area (Å²) in [7, 11) is 0. The molecule has 0 saturated heterocycles. The number of halogens is 4. The molecule has 0 unspecified atom stereocenters. The normalized spacial score (nSPS) is 22.5. The van der Waals surface area contributed by atoms with Crippen LogP contribution in [0.2, 0.25) is 10.0 Å². The Balaban J connectivity index is 1.83. The smallest absolute Gasteiger partial charge is 0.124 e. The standard InChI is InChI=1S/C26H16Br2Cl2N2/c27-15-9-11-23-19(13-15)25(17-5-1-3-7-21(17)29)26(32-23,18-6-2-4-8-22(18)30)20-14-16(28)10-12-24(20)31-25/h1-14,31-32H/t25-,26-/m0/s1. The minimum absolute atomic E-state index is 0.693. The molecule has 6 rings (SSSR count). The van der Waals surface area contributed by atoms with Crippen molar-refractivity contribution in [3.8, 4) is 0 Å². The van der Waals surface area contributed by atoms with E-state index in [0.29, 0.717) is 10.0 Å². The zero-order chi connectivity index (χ0) is 22.1. The molecule has 0 aliphatic carbocycles. The van der Waals surface area contributed by atoms with E-state index in [1.165, 1.54) is 0 Å². The highest BCUT2D eigenvalue weighted by Gasteiger charge is 2.66. The van der Waals surface area contributed by atoms with Crippen LogP contribution in [0.1, 0.15) is 22.3 Å². The van der Waals surface area contributed by atoms with Gasteiger partial charge in [0.25, 0.3) is 0 Å². The van der Waals surface area contributed by atoms with Crippen LogP contribution in [-0.2, 0) is 11.1 Å². The summed E-state index contributed by atoms with van der Waals surface area (Å²) < 4.78 is 2.00. The molecule has 0 spiro atoms. The average molecular weight is 587 g/mol. The van der Waals surface area contributed by atoms with E-state index in [9.17, 15) is 0 Å². The summed E-state index contributed by atoms with van der Waals surface area (Å²) in [4.78, 5) is 0. The molecule has 0 aromatic heterocycles. The van der Waals surface area contributed by atoms with Gasteiger partial charge >= 0.3 is 0 Å². The molecule has 0 amide bonds. The lowest BCUT2D eigenvalue weighted by Gasteiger charge is -2.43. The molecule has 4 aromatic rings. The van der Waals surface area contributed by atoms with Gasteiger partial charge in [0.1, 0.15) is 11.1 Å². The number of fused-ring (bicyclic) bond motifs is 5. The highest BCUT2D eigenvalue weighted by atomic mass is 79.9. The third-order valence-electron chi connectivity index (χ3n) is 6.53. The Morgan fingerprint density at radius 3 is 1.34 bits per heavy atom. The first-order valence-corrected chi connectivity index (χ1v) is 12.5. The third-order valence-corrected chi connectivity index (χ3v) is 8.18. The molecular formula is C26H16Br2Cl2N2. The lowest BCUT2D eigenvalue weighted by Crippen LogP contribution is -2.52. The van der Waals surface area contributed by atoms with Crippen LogP contribution in [0.15, 0.2) is 93.9 Å². The number of hydrogen-bond acceptors (Lipinski definition) is 2. The molecule has 2 atom stereocenters. The summed E-state index contributed by atoms with van der Waals surface area (Å²) in [6.07, 6.45) is 0. The van der Waals surface area contributed by atoms with Crippen molar-refractivity contribution in [1.29, 1.82) is 0 Å². The van der Waals surface area contributed by atoms with E-state index in [2.05, 4.69) is 91.0 Å². The Labute approximate surface area is 213 Å². The number of nitrogens with one attached hydrogen (secondary N) is 2. The summed E-state index contributed by atoms with van der Waals surface area (Å²) >= 11 is 21.2. The Morgan fingerprint density at radius 1 is 0.531 bits per heavy atom. The first kappa shape index (κ1) is 20.6. The lowest BCUT2D eigenvalue weighted by atomic mass is 9.66. The Hall–Kier alpha value is -1.98. The van der Waals surface area contributed by atoms with Gasteiger partial charge < -0.3 is 10.6 Å². The second-order valence-corrected chi connectivity index (χ2v) is 10.7. The van der Waals surface area contributed by atoms with E-state index >= 15 is 0 Å². The van der Waals surface area contributed by atoms with E-state index in [-0.39, 0.29) is 0 Å². The summed E-state index contributed by atoms with van der Waals surface area (Å²) in [5.41, 5.74) is 4.80. The van der Waals surface area contributed by atoms with E-state index < -0.39 is 11.1 Å². The molecule has 6 heteroatoms. The van der Waals surface area contributed by atoms with Gasteiger partial charge in [-0.3, -0.25) is 0 Å². The van der Waals surface area contributed by atoms with Gasteiger partial charge in [0.15, 0.2) is 0 Å². The van der Waals surface area contributed by atoms with Crippen LogP contribution in [-0.4, -0.2) is 0 Å². The number of hydrogen-bond donors (Lipinski definition) is 2. The number of benzene rings is 4. The van der Waals surface area contributed by atoms with Crippen molar-refractivity contribution < 1.29 is 0 Å². The fraction of sp³-hybridized carbons (Fsp3) is 0.0769. The fourth-order valence-corrected chi connectivity index (χ4v) is 6.64. The van der Waals surface area contributed by atoms with Gasteiger partial charge in [0.2, 0.25) is 0 Å². The topological polar surface area (TPSA) is 24.1 Å². The predicted molar refractivity (Wildman–Crippen MR) is 140 cm³/mol. The molecule has 2 aliphatic heterocycles. The Bertz CT molecular complexity index is 1300. The SMILES string of the molecule is Clc1ccccc1[C@@]12Nc3ccc(Br)cc3[C@]1(c1ccccc1Cl)Nc1ccc(Br)cc12. The maximum absolute atomic E-state index is 6.91. The summed E-state index contributed by atoms with van der Waals surface area (Å²) in [5.74, 6) is 0. The molecule has 0 fully saturated rings. The fourth-order valence-electron chi connectivity index (χ4n) is 5.36. The average Bonchev–Trinajstić information content (AvgIpc) is 3.22. The van der Waals surface area contributed by atoms with Crippen LogP contribution in [0.3, 0.4) is 0 Å². The Morgan fingerprint density at radius 2 is 0.938 bits per heavy atom. The van der Waals surface area contributed by atoms with Gasteiger partial charge in [-0.05, 0) is 48.5 Å². The summed E-state index contributed by atoms with van der Waals surface area (Å²) in [6.45, 7) is 0. The zero-order valence-electron chi connectivity index (χ0n) is 16.6. The largest absolute Gasteiger partial charge is 0.369 e. The van der Waals surface area contributed by atoms with Crippen molar-refractivity contribution in [2.75, 3.05) is 10.6 Å². The highest BCUT2D eigenvalue weighted by Crippen LogP contribution is 2.66. The molecule has 158 valence electrons. The van der Waals surface area contributed by atoms with Crippen molar-refractivity contribution in [2.24, 2.45) is 0 Å². The molecule has 0 saturated carbocycles. The van der Waals surface area contributed by atoms with Gasteiger partial charge in [0, 0.05) is 52.6 Å². The predicted octanol–water partition coefficient (Wildman–Crippen LogP) is 8.56. The molecule has 2 nitrogen and oxygen atoms in total. The van der Waals surface area contributed by atoms with E-state index in [1.807, 2.05) is 36.4 Å². The van der Waals surface area contributed by atoms with Crippen molar-refractivity contribution in [1.82, 2.24) is 0 Å². The van der Waals surface area contributed by atoms with Crippen LogP contribution in [0, 0.1) is 0 Å². The molecular weight excluding hydrogens is 571 g/mol. The van der Waals surface area contributed by atoms with Crippen LogP contribution < -0.4 is 10.6 Å². The first-order chi connectivity index (χ1) is 15.5. The molecule has 32 heavy (non-hydrogen) atoms. The third kappa shape index (κ3) is 2.58. The van der Waals surface area contributed by atoms with Crippen LogP contribution >= 0.6 is 55.1 Å². The number of anilines is 2. The Kier molecular flexibility index (Phi) is 4.68. The molecule has 0 radical (unpaired) electrons. The molecule has 2 aliphatic rings. The second kappa shape index (κ2) is 7.26. The molecule has 4 aromatic carbocycles. The zero-order valence-corrected chi connectivity index (χ0v) is 21.3. The maximum Gasteiger partial charge on any atom is 0.124 e. The van der Waals surface area contributed by atoms with Gasteiger partial charge in [-0.25, -0.2) is 0 Å². The first-order valence-electron chi connectivity index (χ1n) is 10.1. The van der Waals surface area contributed by atoms with Gasteiger partial charge in [-0.2, -0.15) is 0 Å². The van der Waals surface area contributed by atoms with Crippen LogP contribution in [0.25, 0.3) is 0 Å². The summed E-state index contributed by atoms with van der Waals surface area (Å²) in [5, 5.41) is 9.18. The van der Waals surface area contributed by atoms with E-state index in [4.69, 9.17) is 23.2 Å². The van der Waals surface area contributed by atoms with Crippen molar-refractivity contribution in [3.63, 3.8) is 0 Å². The van der Waals surface area contributed by atoms with Gasteiger partial charge in [-0.1, -0.05) is 91.5 Å². The van der Waals surface area contributed by atoms with Gasteiger partial charge in [-0.15, -0.1) is 0 Å². The summed E-state index contributed by atoms with van der Waals surface area (Å²) in [6, 6.07) is 28.7.